The van der Waals surface area contributed by atoms with Crippen molar-refractivity contribution in [3.8, 4) is 11.1 Å². The van der Waals surface area contributed by atoms with Crippen molar-refractivity contribution >= 4 is 11.8 Å². The highest BCUT2D eigenvalue weighted by atomic mass is 16.3. The first-order valence-corrected chi connectivity index (χ1v) is 10.1. The van der Waals surface area contributed by atoms with E-state index in [1.54, 1.807) is 0 Å². The summed E-state index contributed by atoms with van der Waals surface area (Å²) in [5, 5.41) is 15.5. The lowest BCUT2D eigenvalue weighted by Crippen LogP contribution is -2.52. The van der Waals surface area contributed by atoms with Crippen molar-refractivity contribution in [1.82, 2.24) is 10.6 Å². The Hall–Kier alpha value is -2.66. The molecule has 0 spiro atoms. The summed E-state index contributed by atoms with van der Waals surface area (Å²) in [4.78, 5) is 25.7. The number of aliphatic hydroxyl groups excluding tert-OH is 1. The first-order valence-electron chi connectivity index (χ1n) is 10.1. The summed E-state index contributed by atoms with van der Waals surface area (Å²) in [6.45, 7) is -0.416. The van der Waals surface area contributed by atoms with Gasteiger partial charge in [0.15, 0.2) is 0 Å². The molecule has 2 aliphatic rings. The number of rotatable bonds is 5. The van der Waals surface area contributed by atoms with Gasteiger partial charge in [0.05, 0.1) is 12.5 Å². The predicted octanol–water partition coefficient (Wildman–Crippen LogP) is 2.72. The third-order valence-electron chi connectivity index (χ3n) is 5.86. The van der Waals surface area contributed by atoms with Crippen LogP contribution < -0.4 is 10.6 Å². The molecule has 146 valence electrons. The zero-order valence-corrected chi connectivity index (χ0v) is 15.9. The van der Waals surface area contributed by atoms with E-state index in [9.17, 15) is 14.7 Å². The quantitative estimate of drug-likeness (QED) is 0.749. The molecule has 3 N–H and O–H groups in total. The maximum atomic E-state index is 13.1. The molecule has 0 radical (unpaired) electrons. The van der Waals surface area contributed by atoms with Crippen molar-refractivity contribution < 1.29 is 14.7 Å². The van der Waals surface area contributed by atoms with Crippen LogP contribution in [-0.4, -0.2) is 35.6 Å². The van der Waals surface area contributed by atoms with Gasteiger partial charge in [-0.3, -0.25) is 9.59 Å². The molecule has 2 aromatic rings. The lowest BCUT2D eigenvalue weighted by Gasteiger charge is -2.26. The number of nitrogens with one attached hydrogen (secondary N) is 2. The average molecular weight is 378 g/mol. The Morgan fingerprint density at radius 1 is 0.929 bits per heavy atom. The fourth-order valence-electron chi connectivity index (χ4n) is 4.44. The number of carbonyl (C=O) groups is 2. The Kier molecular flexibility index (Phi) is 5.44. The van der Waals surface area contributed by atoms with Crippen LogP contribution in [0.3, 0.4) is 0 Å². The van der Waals surface area contributed by atoms with Crippen molar-refractivity contribution in [2.24, 2.45) is 0 Å². The molecule has 0 aromatic heterocycles. The van der Waals surface area contributed by atoms with E-state index >= 15 is 0 Å². The maximum absolute atomic E-state index is 13.1. The van der Waals surface area contributed by atoms with Crippen LogP contribution in [0.15, 0.2) is 48.5 Å². The van der Waals surface area contributed by atoms with E-state index in [1.807, 2.05) is 48.5 Å². The molecular formula is C23H26N2O3. The topological polar surface area (TPSA) is 78.4 Å². The number of hydrogen-bond acceptors (Lipinski definition) is 3. The molecule has 0 heterocycles. The number of carbonyl (C=O) groups excluding carboxylic acids is 2. The second kappa shape index (κ2) is 8.15. The average Bonchev–Trinajstić information content (AvgIpc) is 3.07. The Bertz CT molecular complexity index is 828. The van der Waals surface area contributed by atoms with Crippen molar-refractivity contribution in [2.75, 3.05) is 6.61 Å². The summed E-state index contributed by atoms with van der Waals surface area (Å²) in [7, 11) is 0. The van der Waals surface area contributed by atoms with Crippen LogP contribution in [0.25, 0.3) is 11.1 Å². The van der Waals surface area contributed by atoms with Crippen LogP contribution in [0.5, 0.6) is 0 Å². The third kappa shape index (κ3) is 3.54. The lowest BCUT2D eigenvalue weighted by molar-refractivity contribution is -0.130. The van der Waals surface area contributed by atoms with Gasteiger partial charge < -0.3 is 15.7 Å². The molecule has 1 saturated carbocycles. The van der Waals surface area contributed by atoms with Crippen molar-refractivity contribution in [3.05, 3.63) is 59.7 Å². The Morgan fingerprint density at radius 2 is 1.50 bits per heavy atom. The fraction of sp³-hybridized carbons (Fsp3) is 0.391. The van der Waals surface area contributed by atoms with Crippen LogP contribution in [0.4, 0.5) is 0 Å². The molecule has 2 amide bonds. The molecule has 0 bridgehead atoms. The zero-order chi connectivity index (χ0) is 19.5. The highest BCUT2D eigenvalue weighted by molar-refractivity contribution is 5.98. The fourth-order valence-corrected chi connectivity index (χ4v) is 4.44. The van der Waals surface area contributed by atoms with Crippen LogP contribution in [0.1, 0.15) is 49.1 Å². The largest absolute Gasteiger partial charge is 0.394 e. The van der Waals surface area contributed by atoms with E-state index in [0.29, 0.717) is 0 Å². The number of fused-ring (bicyclic) bond motifs is 3. The summed E-state index contributed by atoms with van der Waals surface area (Å²) in [5.41, 5.74) is 3.96. The SMILES string of the molecule is O=C(N[C@@H](CO)C(=O)NC1CCCCC1)C1c2ccccc2-c2ccccc21. The molecule has 5 nitrogen and oxygen atoms in total. The van der Waals surface area contributed by atoms with Crippen molar-refractivity contribution in [3.63, 3.8) is 0 Å². The number of benzene rings is 2. The number of aliphatic hydroxyl groups is 1. The molecule has 0 aliphatic heterocycles. The van der Waals surface area contributed by atoms with E-state index in [2.05, 4.69) is 10.6 Å². The second-order valence-electron chi connectivity index (χ2n) is 7.69. The van der Waals surface area contributed by atoms with Crippen LogP contribution in [0, 0.1) is 0 Å². The molecule has 1 fully saturated rings. The summed E-state index contributed by atoms with van der Waals surface area (Å²) in [5.74, 6) is -1.03. The summed E-state index contributed by atoms with van der Waals surface area (Å²) in [6, 6.07) is 14.9. The van der Waals surface area contributed by atoms with E-state index < -0.39 is 18.6 Å². The van der Waals surface area contributed by atoms with Crippen LogP contribution in [0.2, 0.25) is 0 Å². The molecule has 4 rings (SSSR count). The number of hydrogen-bond donors (Lipinski definition) is 3. The minimum Gasteiger partial charge on any atom is -0.394 e. The van der Waals surface area contributed by atoms with E-state index in [4.69, 9.17) is 0 Å². The Labute approximate surface area is 165 Å². The minimum absolute atomic E-state index is 0.139. The molecule has 5 heteroatoms. The van der Waals surface area contributed by atoms with Gasteiger partial charge in [0.25, 0.3) is 0 Å². The maximum Gasteiger partial charge on any atom is 0.245 e. The molecule has 2 aromatic carbocycles. The Balaban J connectivity index is 1.51. The monoisotopic (exact) mass is 378 g/mol. The van der Waals surface area contributed by atoms with Crippen LogP contribution in [-0.2, 0) is 9.59 Å². The van der Waals surface area contributed by atoms with Gasteiger partial charge in [-0.1, -0.05) is 67.8 Å². The predicted molar refractivity (Wildman–Crippen MR) is 108 cm³/mol. The summed E-state index contributed by atoms with van der Waals surface area (Å²) in [6.07, 6.45) is 5.34. The molecule has 0 unspecified atom stereocenters. The standard InChI is InChI=1S/C23H26N2O3/c26-14-20(22(27)24-15-8-2-1-3-9-15)25-23(28)21-18-12-6-4-10-16(18)17-11-5-7-13-19(17)21/h4-7,10-13,15,20-21,26H,1-3,8-9,14H2,(H,24,27)(H,25,28)/t20-/m0/s1. The zero-order valence-electron chi connectivity index (χ0n) is 15.9. The van der Waals surface area contributed by atoms with Crippen molar-refractivity contribution in [1.29, 1.82) is 0 Å². The second-order valence-corrected chi connectivity index (χ2v) is 7.69. The lowest BCUT2D eigenvalue weighted by atomic mass is 9.95. The number of amides is 2. The van der Waals surface area contributed by atoms with Gasteiger partial charge in [0.1, 0.15) is 6.04 Å². The first-order chi connectivity index (χ1) is 13.7. The third-order valence-corrected chi connectivity index (χ3v) is 5.86. The molecule has 0 saturated heterocycles. The molecule has 1 atom stereocenters. The highest BCUT2D eigenvalue weighted by Crippen LogP contribution is 2.44. The van der Waals surface area contributed by atoms with Gasteiger partial charge in [0.2, 0.25) is 11.8 Å². The smallest absolute Gasteiger partial charge is 0.245 e. The van der Waals surface area contributed by atoms with E-state index in [1.165, 1.54) is 6.42 Å². The first kappa shape index (κ1) is 18.7. The van der Waals surface area contributed by atoms with Gasteiger partial charge in [-0.2, -0.15) is 0 Å². The van der Waals surface area contributed by atoms with Gasteiger partial charge in [0, 0.05) is 6.04 Å². The van der Waals surface area contributed by atoms with Crippen molar-refractivity contribution in [2.45, 2.75) is 50.1 Å². The summed E-state index contributed by atoms with van der Waals surface area (Å²) < 4.78 is 0. The van der Waals surface area contributed by atoms with Crippen LogP contribution >= 0.6 is 0 Å². The van der Waals surface area contributed by atoms with Gasteiger partial charge in [-0.15, -0.1) is 0 Å². The molecule has 28 heavy (non-hydrogen) atoms. The highest BCUT2D eigenvalue weighted by Gasteiger charge is 2.35. The minimum atomic E-state index is -0.936. The van der Waals surface area contributed by atoms with Gasteiger partial charge in [-0.25, -0.2) is 0 Å². The van der Waals surface area contributed by atoms with E-state index in [-0.39, 0.29) is 17.9 Å². The molecule has 2 aliphatic carbocycles. The van der Waals surface area contributed by atoms with E-state index in [0.717, 1.165) is 47.9 Å². The Morgan fingerprint density at radius 3 is 2.07 bits per heavy atom. The van der Waals surface area contributed by atoms with Gasteiger partial charge in [-0.05, 0) is 35.1 Å². The normalized spacial score (nSPS) is 17.5. The molecular weight excluding hydrogens is 352 g/mol. The van der Waals surface area contributed by atoms with Gasteiger partial charge >= 0.3 is 0 Å². The summed E-state index contributed by atoms with van der Waals surface area (Å²) >= 11 is 0.